The summed E-state index contributed by atoms with van der Waals surface area (Å²) in [5, 5.41) is 2.25. The topological polar surface area (TPSA) is 26.3 Å². The van der Waals surface area contributed by atoms with E-state index in [9.17, 15) is 4.79 Å². The van der Waals surface area contributed by atoms with Gasteiger partial charge in [0.1, 0.15) is 5.75 Å². The highest BCUT2D eigenvalue weighted by Gasteiger charge is 2.10. The van der Waals surface area contributed by atoms with Crippen LogP contribution in [0.2, 0.25) is 0 Å². The number of benzene rings is 2. The maximum absolute atomic E-state index is 11.0. The van der Waals surface area contributed by atoms with Crippen LogP contribution >= 0.6 is 0 Å². The number of hydrogen-bond acceptors (Lipinski definition) is 2. The van der Waals surface area contributed by atoms with Gasteiger partial charge in [-0.3, -0.25) is 4.79 Å². The molecule has 2 heteroatoms. The average molecular weight is 210 g/mol. The molecule has 0 aromatic heterocycles. The molecule has 0 aliphatic rings. The lowest BCUT2D eigenvalue weighted by Gasteiger charge is -2.03. The molecule has 2 nitrogen and oxygen atoms in total. The molecular formula is C14H10O2. The Hall–Kier alpha value is -2.09. The van der Waals surface area contributed by atoms with Gasteiger partial charge in [-0.05, 0) is 40.6 Å². The van der Waals surface area contributed by atoms with E-state index < -0.39 is 0 Å². The van der Waals surface area contributed by atoms with Crippen LogP contribution in [0.4, 0.5) is 0 Å². The lowest BCUT2D eigenvalue weighted by molar-refractivity contribution is 0.415. The third-order valence-electron chi connectivity index (χ3n) is 2.82. The fourth-order valence-corrected chi connectivity index (χ4v) is 1.84. The van der Waals surface area contributed by atoms with Crippen LogP contribution in [0.15, 0.2) is 47.3 Å². The van der Waals surface area contributed by atoms with E-state index in [2.05, 4.69) is 0 Å². The molecule has 0 N–H and O–H groups in total. The average Bonchev–Trinajstić information content (AvgIpc) is 3.05. The zero-order valence-electron chi connectivity index (χ0n) is 8.86. The molecule has 0 unspecified atom stereocenters. The fourth-order valence-electron chi connectivity index (χ4n) is 1.84. The van der Waals surface area contributed by atoms with E-state index in [0.717, 1.165) is 27.6 Å². The molecule has 3 rings (SSSR count). The van der Waals surface area contributed by atoms with Crippen molar-refractivity contribution in [2.24, 2.45) is 0 Å². The number of fused-ring (bicyclic) bond motifs is 1. The van der Waals surface area contributed by atoms with Crippen LogP contribution in [0.25, 0.3) is 21.9 Å². The number of methoxy groups -OCH3 is 1. The van der Waals surface area contributed by atoms with Gasteiger partial charge in [0.05, 0.1) is 7.11 Å². The van der Waals surface area contributed by atoms with E-state index in [1.165, 1.54) is 0 Å². The molecule has 0 spiro atoms. The zero-order chi connectivity index (χ0) is 11.1. The van der Waals surface area contributed by atoms with Crippen molar-refractivity contribution in [3.05, 3.63) is 52.7 Å². The highest BCUT2D eigenvalue weighted by molar-refractivity contribution is 5.89. The van der Waals surface area contributed by atoms with Crippen molar-refractivity contribution in [3.8, 4) is 16.9 Å². The Kier molecular flexibility index (Phi) is 1.83. The van der Waals surface area contributed by atoms with Crippen LogP contribution in [0.3, 0.4) is 0 Å². The molecule has 0 fully saturated rings. The molecule has 0 aliphatic heterocycles. The molecule has 16 heavy (non-hydrogen) atoms. The number of rotatable bonds is 2. The maximum Gasteiger partial charge on any atom is 0.187 e. The molecule has 0 bridgehead atoms. The second-order valence-electron chi connectivity index (χ2n) is 3.85. The van der Waals surface area contributed by atoms with E-state index >= 15 is 0 Å². The highest BCUT2D eigenvalue weighted by atomic mass is 16.5. The molecule has 0 atom stereocenters. The predicted molar refractivity (Wildman–Crippen MR) is 64.6 cm³/mol. The summed E-state index contributed by atoms with van der Waals surface area (Å²) >= 11 is 0. The van der Waals surface area contributed by atoms with Gasteiger partial charge in [0.25, 0.3) is 0 Å². The Balaban J connectivity index is 2.16. The van der Waals surface area contributed by atoms with Crippen molar-refractivity contribution in [2.45, 2.75) is 0 Å². The number of ether oxygens (including phenoxy) is 1. The van der Waals surface area contributed by atoms with Crippen LogP contribution in [-0.2, 0) is 0 Å². The molecule has 3 aromatic rings. The lowest BCUT2D eigenvalue weighted by atomic mass is 10.1. The van der Waals surface area contributed by atoms with Gasteiger partial charge in [-0.1, -0.05) is 18.2 Å². The summed E-state index contributed by atoms with van der Waals surface area (Å²) in [4.78, 5) is 11.0. The molecule has 78 valence electrons. The fraction of sp³-hybridized carbons (Fsp3) is 0.0714. The molecule has 0 radical (unpaired) electrons. The summed E-state index contributed by atoms with van der Waals surface area (Å²) < 4.78 is 5.16. The monoisotopic (exact) mass is 210 g/mol. The zero-order valence-corrected chi connectivity index (χ0v) is 8.86. The van der Waals surface area contributed by atoms with Crippen molar-refractivity contribution >= 4 is 10.8 Å². The largest absolute Gasteiger partial charge is 0.497 e. The number of hydrogen-bond donors (Lipinski definition) is 0. The Morgan fingerprint density at radius 2 is 1.62 bits per heavy atom. The van der Waals surface area contributed by atoms with Crippen LogP contribution in [0, 0.1) is 0 Å². The van der Waals surface area contributed by atoms with Crippen LogP contribution in [0.1, 0.15) is 0 Å². The first-order valence-electron chi connectivity index (χ1n) is 5.12. The van der Waals surface area contributed by atoms with Gasteiger partial charge in [0.2, 0.25) is 0 Å². The van der Waals surface area contributed by atoms with Crippen LogP contribution in [-0.4, -0.2) is 7.11 Å². The summed E-state index contributed by atoms with van der Waals surface area (Å²) in [5.41, 5.74) is 1.98. The molecule has 0 saturated carbocycles. The van der Waals surface area contributed by atoms with Crippen molar-refractivity contribution in [3.63, 3.8) is 0 Å². The second-order valence-corrected chi connectivity index (χ2v) is 3.85. The van der Waals surface area contributed by atoms with Gasteiger partial charge in [0, 0.05) is 5.56 Å². The first-order chi connectivity index (χ1) is 7.78. The van der Waals surface area contributed by atoms with Gasteiger partial charge < -0.3 is 4.74 Å². The third-order valence-corrected chi connectivity index (χ3v) is 2.82. The molecule has 0 amide bonds. The SMILES string of the molecule is COc1ccc2cc(-c3cc3=O)ccc2c1. The standard InChI is InChI=1S/C14H10O2/c1-16-12-5-4-9-6-11(13-8-14(13)15)3-2-10(9)7-12/h2-8H,1H3. The van der Waals surface area contributed by atoms with Gasteiger partial charge in [-0.15, -0.1) is 0 Å². The van der Waals surface area contributed by atoms with Crippen LogP contribution in [0.5, 0.6) is 5.75 Å². The lowest BCUT2D eigenvalue weighted by Crippen LogP contribution is -1.83. The van der Waals surface area contributed by atoms with E-state index in [-0.39, 0.29) is 5.43 Å². The first-order valence-corrected chi connectivity index (χ1v) is 5.12. The predicted octanol–water partition coefficient (Wildman–Crippen LogP) is 2.75. The minimum absolute atomic E-state index is 0.146. The second kappa shape index (κ2) is 3.20. The summed E-state index contributed by atoms with van der Waals surface area (Å²) in [6.07, 6.45) is 0. The molecule has 0 saturated heterocycles. The highest BCUT2D eigenvalue weighted by Crippen LogP contribution is 2.26. The van der Waals surface area contributed by atoms with Gasteiger partial charge >= 0.3 is 0 Å². The Bertz CT molecular complexity index is 673. The maximum atomic E-state index is 11.0. The van der Waals surface area contributed by atoms with Crippen molar-refractivity contribution in [1.82, 2.24) is 0 Å². The van der Waals surface area contributed by atoms with Gasteiger partial charge in [0.15, 0.2) is 5.43 Å². The minimum atomic E-state index is 0.146. The van der Waals surface area contributed by atoms with Gasteiger partial charge in [-0.2, -0.15) is 0 Å². The summed E-state index contributed by atoms with van der Waals surface area (Å²) in [5.74, 6) is 0.849. The van der Waals surface area contributed by atoms with E-state index in [0.29, 0.717) is 0 Å². The Labute approximate surface area is 92.8 Å². The van der Waals surface area contributed by atoms with E-state index in [1.807, 2.05) is 36.4 Å². The smallest absolute Gasteiger partial charge is 0.187 e. The molecule has 3 aromatic carbocycles. The van der Waals surface area contributed by atoms with E-state index in [1.54, 1.807) is 13.2 Å². The van der Waals surface area contributed by atoms with E-state index in [4.69, 9.17) is 4.74 Å². The summed E-state index contributed by atoms with van der Waals surface area (Å²) in [6, 6.07) is 13.6. The van der Waals surface area contributed by atoms with Crippen molar-refractivity contribution < 1.29 is 4.74 Å². The molecule has 0 heterocycles. The van der Waals surface area contributed by atoms with Crippen LogP contribution < -0.4 is 10.2 Å². The summed E-state index contributed by atoms with van der Waals surface area (Å²) in [7, 11) is 1.66. The normalized spacial score (nSPS) is 11.1. The summed E-state index contributed by atoms with van der Waals surface area (Å²) in [6.45, 7) is 0. The molecule has 0 aliphatic carbocycles. The minimum Gasteiger partial charge on any atom is -0.497 e. The van der Waals surface area contributed by atoms with Crippen molar-refractivity contribution in [1.29, 1.82) is 0 Å². The first kappa shape index (κ1) is 9.16. The Morgan fingerprint density at radius 1 is 0.938 bits per heavy atom. The molecular weight excluding hydrogens is 200 g/mol. The quantitative estimate of drug-likeness (QED) is 0.650. The van der Waals surface area contributed by atoms with Gasteiger partial charge in [-0.25, -0.2) is 0 Å². The van der Waals surface area contributed by atoms with Crippen molar-refractivity contribution in [2.75, 3.05) is 7.11 Å². The Morgan fingerprint density at radius 3 is 2.31 bits per heavy atom. The third kappa shape index (κ3) is 1.39.